The van der Waals surface area contributed by atoms with E-state index in [0.29, 0.717) is 25.4 Å². The molecule has 0 radical (unpaired) electrons. The number of fused-ring (bicyclic) bond motifs is 3. The van der Waals surface area contributed by atoms with Gasteiger partial charge in [0.05, 0.1) is 18.1 Å². The summed E-state index contributed by atoms with van der Waals surface area (Å²) >= 11 is 0. The molecule has 4 heterocycles. The smallest absolute Gasteiger partial charge is 0.226 e. The molecule has 0 spiro atoms. The largest absolute Gasteiger partial charge is 0.383 e. The van der Waals surface area contributed by atoms with E-state index >= 15 is 0 Å². The predicted molar refractivity (Wildman–Crippen MR) is 91.7 cm³/mol. The number of aryl methyl sites for hydroxylation is 2. The number of carbonyl (C=O) groups is 1. The molecule has 0 bridgehead atoms. The van der Waals surface area contributed by atoms with Crippen LogP contribution in [0.1, 0.15) is 35.1 Å². The lowest BCUT2D eigenvalue weighted by molar-refractivity contribution is -0.116. The monoisotopic (exact) mass is 340 g/mol. The third-order valence-corrected chi connectivity index (χ3v) is 4.52. The maximum absolute atomic E-state index is 12.2. The maximum Gasteiger partial charge on any atom is 0.226 e. The highest BCUT2D eigenvalue weighted by molar-refractivity contribution is 5.95. The van der Waals surface area contributed by atoms with Crippen LogP contribution < -0.4 is 5.32 Å². The molecule has 0 aliphatic carbocycles. The minimum atomic E-state index is -0.179. The zero-order chi connectivity index (χ0) is 17.6. The number of nitrogens with zero attached hydrogens (tertiary/aromatic N) is 5. The lowest BCUT2D eigenvalue weighted by Crippen LogP contribution is -2.25. The Labute approximate surface area is 144 Å². The van der Waals surface area contributed by atoms with Crippen molar-refractivity contribution in [3.8, 4) is 0 Å². The summed E-state index contributed by atoms with van der Waals surface area (Å²) in [5, 5.41) is 7.43. The van der Waals surface area contributed by atoms with Crippen LogP contribution in [-0.2, 0) is 16.1 Å². The third-order valence-electron chi connectivity index (χ3n) is 4.52. The van der Waals surface area contributed by atoms with Crippen molar-refractivity contribution >= 4 is 17.4 Å². The van der Waals surface area contributed by atoms with Gasteiger partial charge in [-0.1, -0.05) is 0 Å². The van der Waals surface area contributed by atoms with Crippen molar-refractivity contribution in [2.24, 2.45) is 0 Å². The summed E-state index contributed by atoms with van der Waals surface area (Å²) in [6.45, 7) is 5.21. The molecule has 130 valence electrons. The van der Waals surface area contributed by atoms with Crippen LogP contribution in [0.25, 0.3) is 5.65 Å². The van der Waals surface area contributed by atoms with Crippen LogP contribution in [0.2, 0.25) is 0 Å². The van der Waals surface area contributed by atoms with Gasteiger partial charge in [0.25, 0.3) is 0 Å². The molecule has 1 unspecified atom stereocenters. The second-order valence-electron chi connectivity index (χ2n) is 6.31. The Hall–Kier alpha value is -2.74. The Morgan fingerprint density at radius 3 is 3.04 bits per heavy atom. The highest BCUT2D eigenvalue weighted by Gasteiger charge is 2.34. The Bertz CT molecular complexity index is 958. The summed E-state index contributed by atoms with van der Waals surface area (Å²) in [6, 6.07) is 1.97. The SMILES string of the molecule is COCCn1ccnc1C1CC(=O)Nc2nn3c(C)cc(C)nc3c21. The van der Waals surface area contributed by atoms with Crippen LogP contribution >= 0.6 is 0 Å². The van der Waals surface area contributed by atoms with Gasteiger partial charge in [-0.2, -0.15) is 0 Å². The van der Waals surface area contributed by atoms with Crippen LogP contribution in [0.15, 0.2) is 18.5 Å². The standard InChI is InChI=1S/C17H20N6O2/c1-10-8-11(2)23-17(19-10)14-12(9-13(24)20-15(14)21-23)16-18-4-5-22(16)6-7-25-3/h4-5,8,12H,6-7,9H2,1-3H3,(H,20,21,24). The summed E-state index contributed by atoms with van der Waals surface area (Å²) in [6.07, 6.45) is 4.00. The van der Waals surface area contributed by atoms with Crippen LogP contribution in [0, 0.1) is 13.8 Å². The number of amides is 1. The number of carbonyl (C=O) groups excluding carboxylic acids is 1. The molecule has 1 amide bonds. The number of methoxy groups -OCH3 is 1. The quantitative estimate of drug-likeness (QED) is 0.781. The molecule has 3 aromatic rings. The number of anilines is 1. The molecule has 1 aliphatic rings. The molecule has 0 aromatic carbocycles. The van der Waals surface area contributed by atoms with Crippen molar-refractivity contribution in [2.75, 3.05) is 19.0 Å². The van der Waals surface area contributed by atoms with Crippen molar-refractivity contribution in [1.29, 1.82) is 0 Å². The molecule has 25 heavy (non-hydrogen) atoms. The molecule has 1 aliphatic heterocycles. The minimum Gasteiger partial charge on any atom is -0.383 e. The van der Waals surface area contributed by atoms with E-state index in [0.717, 1.165) is 28.4 Å². The summed E-state index contributed by atoms with van der Waals surface area (Å²) < 4.78 is 9.00. The molecule has 1 atom stereocenters. The molecule has 8 heteroatoms. The van der Waals surface area contributed by atoms with Gasteiger partial charge in [0, 0.05) is 43.9 Å². The second-order valence-corrected chi connectivity index (χ2v) is 6.31. The summed E-state index contributed by atoms with van der Waals surface area (Å²) in [7, 11) is 1.67. The van der Waals surface area contributed by atoms with Crippen LogP contribution in [0.5, 0.6) is 0 Å². The lowest BCUT2D eigenvalue weighted by atomic mass is 9.92. The Kier molecular flexibility index (Phi) is 3.76. The van der Waals surface area contributed by atoms with E-state index < -0.39 is 0 Å². The average Bonchev–Trinajstić information content (AvgIpc) is 3.16. The van der Waals surface area contributed by atoms with E-state index in [9.17, 15) is 4.79 Å². The van der Waals surface area contributed by atoms with E-state index in [-0.39, 0.29) is 11.8 Å². The van der Waals surface area contributed by atoms with Crippen LogP contribution in [0.3, 0.4) is 0 Å². The van der Waals surface area contributed by atoms with E-state index in [1.165, 1.54) is 0 Å². The van der Waals surface area contributed by atoms with Gasteiger partial charge < -0.3 is 14.6 Å². The maximum atomic E-state index is 12.2. The summed E-state index contributed by atoms with van der Waals surface area (Å²) in [5.74, 6) is 1.17. The highest BCUT2D eigenvalue weighted by Crippen LogP contribution is 2.38. The van der Waals surface area contributed by atoms with Gasteiger partial charge in [0.2, 0.25) is 5.91 Å². The molecule has 1 N–H and O–H groups in total. The lowest BCUT2D eigenvalue weighted by Gasteiger charge is -2.22. The molecule has 0 saturated carbocycles. The first-order chi connectivity index (χ1) is 12.1. The van der Waals surface area contributed by atoms with Gasteiger partial charge in [-0.3, -0.25) is 4.79 Å². The topological polar surface area (TPSA) is 86.3 Å². The number of hydrogen-bond acceptors (Lipinski definition) is 5. The average molecular weight is 340 g/mol. The second kappa shape index (κ2) is 5.96. The first-order valence-electron chi connectivity index (χ1n) is 8.25. The first-order valence-corrected chi connectivity index (χ1v) is 8.25. The summed E-state index contributed by atoms with van der Waals surface area (Å²) in [4.78, 5) is 21.4. The normalized spacial score (nSPS) is 16.9. The first kappa shape index (κ1) is 15.8. The summed E-state index contributed by atoms with van der Waals surface area (Å²) in [5.41, 5.74) is 3.61. The Morgan fingerprint density at radius 2 is 2.24 bits per heavy atom. The third kappa shape index (κ3) is 2.58. The zero-order valence-electron chi connectivity index (χ0n) is 14.5. The van der Waals surface area contributed by atoms with Crippen LogP contribution in [0.4, 0.5) is 5.82 Å². The number of nitrogens with one attached hydrogen (secondary N) is 1. The van der Waals surface area contributed by atoms with Crippen molar-refractivity contribution in [2.45, 2.75) is 32.7 Å². The molecule has 3 aromatic heterocycles. The molecular weight excluding hydrogens is 320 g/mol. The van der Waals surface area contributed by atoms with Crippen molar-refractivity contribution < 1.29 is 9.53 Å². The van der Waals surface area contributed by atoms with Gasteiger partial charge in [0.15, 0.2) is 11.5 Å². The van der Waals surface area contributed by atoms with Gasteiger partial charge in [-0.15, -0.1) is 5.10 Å². The van der Waals surface area contributed by atoms with E-state index in [4.69, 9.17) is 4.74 Å². The molecule has 0 fully saturated rings. The fourth-order valence-corrected chi connectivity index (χ4v) is 3.45. The number of imidazole rings is 1. The van der Waals surface area contributed by atoms with Crippen molar-refractivity contribution in [3.05, 3.63) is 41.2 Å². The van der Waals surface area contributed by atoms with Crippen molar-refractivity contribution in [3.63, 3.8) is 0 Å². The van der Waals surface area contributed by atoms with Gasteiger partial charge in [0.1, 0.15) is 5.82 Å². The van der Waals surface area contributed by atoms with E-state index in [1.54, 1.807) is 17.8 Å². The van der Waals surface area contributed by atoms with Crippen LogP contribution in [-0.4, -0.2) is 43.8 Å². The predicted octanol–water partition coefficient (Wildman–Crippen LogP) is 1.66. The minimum absolute atomic E-state index is 0.0587. The fraction of sp³-hybridized carbons (Fsp3) is 0.412. The molecule has 8 nitrogen and oxygen atoms in total. The Morgan fingerprint density at radius 1 is 1.40 bits per heavy atom. The van der Waals surface area contributed by atoms with Crippen molar-refractivity contribution in [1.82, 2.24) is 24.1 Å². The number of rotatable bonds is 4. The fourth-order valence-electron chi connectivity index (χ4n) is 3.45. The van der Waals surface area contributed by atoms with Gasteiger partial charge in [-0.05, 0) is 19.9 Å². The molecular formula is C17H20N6O2. The number of ether oxygens (including phenoxy) is 1. The van der Waals surface area contributed by atoms with E-state index in [2.05, 4.69) is 20.4 Å². The number of aromatic nitrogens is 5. The van der Waals surface area contributed by atoms with E-state index in [1.807, 2.05) is 30.7 Å². The van der Waals surface area contributed by atoms with Gasteiger partial charge >= 0.3 is 0 Å². The molecule has 4 rings (SSSR count). The number of hydrogen-bond donors (Lipinski definition) is 1. The molecule has 0 saturated heterocycles. The Balaban J connectivity index is 1.89. The zero-order valence-corrected chi connectivity index (χ0v) is 14.5. The highest BCUT2D eigenvalue weighted by atomic mass is 16.5. The van der Waals surface area contributed by atoms with Gasteiger partial charge in [-0.25, -0.2) is 14.5 Å².